The quantitative estimate of drug-likeness (QED) is 0.837. The molecule has 0 aliphatic carbocycles. The first-order valence-electron chi connectivity index (χ1n) is 8.84. The first-order valence-corrected chi connectivity index (χ1v) is 8.84. The van der Waals surface area contributed by atoms with Crippen LogP contribution in [-0.4, -0.2) is 42.6 Å². The summed E-state index contributed by atoms with van der Waals surface area (Å²) in [6, 6.07) is 4.69. The Labute approximate surface area is 157 Å². The molecule has 1 aromatic carbocycles. The topological polar surface area (TPSA) is 89.2 Å². The van der Waals surface area contributed by atoms with Gasteiger partial charge in [0.05, 0.1) is 38.5 Å². The summed E-state index contributed by atoms with van der Waals surface area (Å²) in [4.78, 5) is 26.3. The average Bonchev–Trinajstić information content (AvgIpc) is 3.15. The number of carboxylic acid groups (broad SMARTS) is 1. The Hall–Kier alpha value is -2.96. The number of furan rings is 1. The second-order valence-corrected chi connectivity index (χ2v) is 6.38. The normalized spacial score (nSPS) is 16.0. The number of hydrogen-bond acceptors (Lipinski definition) is 5. The Kier molecular flexibility index (Phi) is 5.39. The number of ether oxygens (including phenoxy) is 2. The van der Waals surface area contributed by atoms with Crippen LogP contribution >= 0.6 is 0 Å². The van der Waals surface area contributed by atoms with Crippen LogP contribution in [0.5, 0.6) is 11.5 Å². The molecule has 0 fully saturated rings. The summed E-state index contributed by atoms with van der Waals surface area (Å²) in [7, 11) is 3.09. The number of carboxylic acids is 1. The molecule has 144 valence electrons. The van der Waals surface area contributed by atoms with Gasteiger partial charge < -0.3 is 23.9 Å². The van der Waals surface area contributed by atoms with Crippen molar-refractivity contribution in [2.24, 2.45) is 0 Å². The molecule has 1 N–H and O–H groups in total. The minimum absolute atomic E-state index is 0.187. The van der Waals surface area contributed by atoms with Gasteiger partial charge in [-0.2, -0.15) is 0 Å². The zero-order chi connectivity index (χ0) is 19.6. The van der Waals surface area contributed by atoms with Gasteiger partial charge in [-0.3, -0.25) is 9.59 Å². The highest BCUT2D eigenvalue weighted by molar-refractivity contribution is 5.96. The van der Waals surface area contributed by atoms with Gasteiger partial charge in [-0.1, -0.05) is 6.92 Å². The molecule has 1 atom stereocenters. The number of rotatable bonds is 6. The van der Waals surface area contributed by atoms with Crippen LogP contribution in [0.2, 0.25) is 0 Å². The Morgan fingerprint density at radius 2 is 1.96 bits per heavy atom. The standard InChI is InChI=1S/C20H23NO6/c1-4-16-13(6-8-27-16)20(24)21-7-5-12-9-17(25-2)18(26-3)10-14(12)15(21)11-19(22)23/h6,8-10,15H,4-5,7,11H2,1-3H3,(H,22,23). The van der Waals surface area contributed by atoms with Crippen molar-refractivity contribution >= 4 is 11.9 Å². The average molecular weight is 373 g/mol. The molecule has 0 saturated carbocycles. The van der Waals surface area contributed by atoms with Crippen molar-refractivity contribution in [1.82, 2.24) is 4.90 Å². The smallest absolute Gasteiger partial charge is 0.305 e. The third-order valence-electron chi connectivity index (χ3n) is 4.93. The third-order valence-corrected chi connectivity index (χ3v) is 4.93. The fourth-order valence-electron chi connectivity index (χ4n) is 3.62. The fourth-order valence-corrected chi connectivity index (χ4v) is 3.62. The predicted molar refractivity (Wildman–Crippen MR) is 97.4 cm³/mol. The van der Waals surface area contributed by atoms with E-state index in [-0.39, 0.29) is 12.3 Å². The van der Waals surface area contributed by atoms with E-state index >= 15 is 0 Å². The van der Waals surface area contributed by atoms with Crippen LogP contribution in [0.4, 0.5) is 0 Å². The Morgan fingerprint density at radius 3 is 2.59 bits per heavy atom. The van der Waals surface area contributed by atoms with Crippen LogP contribution in [0.3, 0.4) is 0 Å². The molecule has 7 heteroatoms. The summed E-state index contributed by atoms with van der Waals surface area (Å²) >= 11 is 0. The molecular weight excluding hydrogens is 350 g/mol. The fraction of sp³-hybridized carbons (Fsp3) is 0.400. The van der Waals surface area contributed by atoms with Crippen molar-refractivity contribution in [3.05, 3.63) is 46.9 Å². The van der Waals surface area contributed by atoms with Crippen LogP contribution in [-0.2, 0) is 17.6 Å². The van der Waals surface area contributed by atoms with Gasteiger partial charge in [-0.05, 0) is 35.7 Å². The lowest BCUT2D eigenvalue weighted by atomic mass is 9.89. The third kappa shape index (κ3) is 3.49. The molecule has 0 spiro atoms. The number of methoxy groups -OCH3 is 2. The van der Waals surface area contributed by atoms with Crippen LogP contribution < -0.4 is 9.47 Å². The van der Waals surface area contributed by atoms with E-state index in [0.29, 0.717) is 42.2 Å². The highest BCUT2D eigenvalue weighted by Crippen LogP contribution is 2.40. The number of amides is 1. The van der Waals surface area contributed by atoms with Crippen molar-refractivity contribution in [3.8, 4) is 11.5 Å². The van der Waals surface area contributed by atoms with Gasteiger partial charge in [0.1, 0.15) is 5.76 Å². The SMILES string of the molecule is CCc1occc1C(=O)N1CCc2cc(OC)c(OC)cc2C1CC(=O)O. The molecule has 1 aromatic heterocycles. The summed E-state index contributed by atoms with van der Waals surface area (Å²) in [5, 5.41) is 9.44. The lowest BCUT2D eigenvalue weighted by molar-refractivity contribution is -0.138. The van der Waals surface area contributed by atoms with Gasteiger partial charge in [0.15, 0.2) is 11.5 Å². The molecule has 1 unspecified atom stereocenters. The molecular formula is C20H23NO6. The number of carbonyl (C=O) groups excluding carboxylic acids is 1. The molecule has 1 amide bonds. The summed E-state index contributed by atoms with van der Waals surface area (Å²) in [5.74, 6) is 0.523. The molecule has 1 aliphatic rings. The Balaban J connectivity index is 2.04. The first-order chi connectivity index (χ1) is 13.0. The summed E-state index contributed by atoms with van der Waals surface area (Å²) in [6.45, 7) is 2.33. The zero-order valence-corrected chi connectivity index (χ0v) is 15.7. The van der Waals surface area contributed by atoms with Gasteiger partial charge in [0.2, 0.25) is 0 Å². The van der Waals surface area contributed by atoms with Crippen molar-refractivity contribution in [1.29, 1.82) is 0 Å². The largest absolute Gasteiger partial charge is 0.493 e. The number of aliphatic carboxylic acids is 1. The van der Waals surface area contributed by atoms with Gasteiger partial charge in [0, 0.05) is 13.0 Å². The van der Waals surface area contributed by atoms with E-state index in [2.05, 4.69) is 0 Å². The summed E-state index contributed by atoms with van der Waals surface area (Å²) in [6.07, 6.45) is 2.50. The minimum Gasteiger partial charge on any atom is -0.493 e. The van der Waals surface area contributed by atoms with Crippen LogP contribution in [0.15, 0.2) is 28.9 Å². The molecule has 0 radical (unpaired) electrons. The van der Waals surface area contributed by atoms with E-state index in [4.69, 9.17) is 13.9 Å². The molecule has 3 rings (SSSR count). The number of hydrogen-bond donors (Lipinski definition) is 1. The molecule has 1 aliphatic heterocycles. The number of aryl methyl sites for hydroxylation is 1. The predicted octanol–water partition coefficient (Wildman–Crippen LogP) is 3.07. The molecule has 2 aromatic rings. The van der Waals surface area contributed by atoms with E-state index < -0.39 is 12.0 Å². The number of benzene rings is 1. The molecule has 27 heavy (non-hydrogen) atoms. The molecule has 7 nitrogen and oxygen atoms in total. The monoisotopic (exact) mass is 373 g/mol. The van der Waals surface area contributed by atoms with Gasteiger partial charge in [0.25, 0.3) is 5.91 Å². The second kappa shape index (κ2) is 7.73. The van der Waals surface area contributed by atoms with Gasteiger partial charge in [-0.15, -0.1) is 0 Å². The number of carbonyl (C=O) groups is 2. The van der Waals surface area contributed by atoms with Gasteiger partial charge >= 0.3 is 5.97 Å². The maximum absolute atomic E-state index is 13.1. The lowest BCUT2D eigenvalue weighted by Crippen LogP contribution is -2.41. The van der Waals surface area contributed by atoms with E-state index in [1.165, 1.54) is 13.4 Å². The molecule has 2 heterocycles. The van der Waals surface area contributed by atoms with Crippen molar-refractivity contribution < 1.29 is 28.6 Å². The van der Waals surface area contributed by atoms with E-state index in [9.17, 15) is 14.7 Å². The second-order valence-electron chi connectivity index (χ2n) is 6.38. The highest BCUT2D eigenvalue weighted by atomic mass is 16.5. The highest BCUT2D eigenvalue weighted by Gasteiger charge is 2.35. The number of fused-ring (bicyclic) bond motifs is 1. The lowest BCUT2D eigenvalue weighted by Gasteiger charge is -2.37. The maximum Gasteiger partial charge on any atom is 0.305 e. The first kappa shape index (κ1) is 18.8. The number of nitrogens with zero attached hydrogens (tertiary/aromatic N) is 1. The van der Waals surface area contributed by atoms with E-state index in [1.54, 1.807) is 24.1 Å². The maximum atomic E-state index is 13.1. The van der Waals surface area contributed by atoms with Crippen LogP contribution in [0.25, 0.3) is 0 Å². The molecule has 0 bridgehead atoms. The Bertz CT molecular complexity index is 856. The Morgan fingerprint density at radius 1 is 1.26 bits per heavy atom. The van der Waals surface area contributed by atoms with E-state index in [1.807, 2.05) is 13.0 Å². The minimum atomic E-state index is -0.969. The van der Waals surface area contributed by atoms with Crippen LogP contribution in [0.1, 0.15) is 46.6 Å². The van der Waals surface area contributed by atoms with E-state index in [0.717, 1.165) is 11.1 Å². The summed E-state index contributed by atoms with van der Waals surface area (Å²) < 4.78 is 16.1. The molecule has 0 saturated heterocycles. The summed E-state index contributed by atoms with van der Waals surface area (Å²) in [5.41, 5.74) is 2.22. The van der Waals surface area contributed by atoms with Crippen molar-refractivity contribution in [2.75, 3.05) is 20.8 Å². The van der Waals surface area contributed by atoms with Crippen LogP contribution in [0, 0.1) is 0 Å². The van der Waals surface area contributed by atoms with Crippen molar-refractivity contribution in [3.63, 3.8) is 0 Å². The van der Waals surface area contributed by atoms with Gasteiger partial charge in [-0.25, -0.2) is 0 Å². The zero-order valence-electron chi connectivity index (χ0n) is 15.7. The van der Waals surface area contributed by atoms with Crippen molar-refractivity contribution in [2.45, 2.75) is 32.2 Å².